The molecule has 17 heavy (non-hydrogen) atoms. The molecule has 2 nitrogen and oxygen atoms in total. The van der Waals surface area contributed by atoms with Gasteiger partial charge in [-0.1, -0.05) is 26.7 Å². The maximum Gasteiger partial charge on any atom is 0.0249 e. The normalized spacial score (nSPS) is 33.2. The molecule has 1 heterocycles. The molecule has 0 amide bonds. The van der Waals surface area contributed by atoms with E-state index in [-0.39, 0.29) is 0 Å². The van der Waals surface area contributed by atoms with E-state index in [4.69, 9.17) is 0 Å². The fourth-order valence-electron chi connectivity index (χ4n) is 3.80. The Hall–Kier alpha value is -0.0800. The lowest BCUT2D eigenvalue weighted by molar-refractivity contribution is 0.0747. The molecule has 2 atom stereocenters. The topological polar surface area (TPSA) is 15.3 Å². The van der Waals surface area contributed by atoms with Gasteiger partial charge in [0.15, 0.2) is 0 Å². The van der Waals surface area contributed by atoms with Crippen molar-refractivity contribution in [1.29, 1.82) is 0 Å². The lowest BCUT2D eigenvalue weighted by atomic mass is 9.83. The second-order valence-corrected chi connectivity index (χ2v) is 6.36. The first-order valence-corrected chi connectivity index (χ1v) is 7.63. The highest BCUT2D eigenvalue weighted by Gasteiger charge is 2.32. The summed E-state index contributed by atoms with van der Waals surface area (Å²) in [7, 11) is 2.14. The van der Waals surface area contributed by atoms with Gasteiger partial charge in [-0.2, -0.15) is 0 Å². The molecule has 1 N–H and O–H groups in total. The maximum absolute atomic E-state index is 3.54. The van der Waals surface area contributed by atoms with E-state index in [1.165, 1.54) is 51.6 Å². The molecule has 1 saturated carbocycles. The fourth-order valence-corrected chi connectivity index (χ4v) is 3.80. The van der Waals surface area contributed by atoms with Gasteiger partial charge in [0.05, 0.1) is 0 Å². The number of nitrogens with zero attached hydrogens (tertiary/aromatic N) is 1. The van der Waals surface area contributed by atoms with Crippen LogP contribution in [0.1, 0.15) is 52.4 Å². The number of nitrogens with one attached hydrogen (secondary N) is 1. The van der Waals surface area contributed by atoms with Gasteiger partial charge in [-0.25, -0.2) is 0 Å². The van der Waals surface area contributed by atoms with Crippen molar-refractivity contribution in [2.24, 2.45) is 11.8 Å². The highest BCUT2D eigenvalue weighted by Crippen LogP contribution is 2.30. The van der Waals surface area contributed by atoms with Crippen molar-refractivity contribution in [3.8, 4) is 0 Å². The van der Waals surface area contributed by atoms with E-state index in [0.29, 0.717) is 0 Å². The molecule has 0 aromatic carbocycles. The molecule has 0 aromatic heterocycles. The highest BCUT2D eigenvalue weighted by atomic mass is 15.2. The predicted molar refractivity (Wildman–Crippen MR) is 74.2 cm³/mol. The Balaban J connectivity index is 1.86. The number of piperidine rings is 1. The maximum atomic E-state index is 3.54. The molecule has 1 aliphatic heterocycles. The average Bonchev–Trinajstić information content (AvgIpc) is 2.39. The van der Waals surface area contributed by atoms with Crippen LogP contribution in [-0.2, 0) is 0 Å². The molecule has 1 aliphatic carbocycles. The van der Waals surface area contributed by atoms with Gasteiger partial charge in [-0.15, -0.1) is 0 Å². The Labute approximate surface area is 107 Å². The van der Waals surface area contributed by atoms with Gasteiger partial charge < -0.3 is 5.32 Å². The Morgan fingerprint density at radius 1 is 1.00 bits per heavy atom. The quantitative estimate of drug-likeness (QED) is 0.813. The second kappa shape index (κ2) is 6.19. The zero-order chi connectivity index (χ0) is 12.3. The fraction of sp³-hybridized carbons (Fsp3) is 1.00. The number of hydrogen-bond acceptors (Lipinski definition) is 2. The monoisotopic (exact) mass is 238 g/mol. The minimum absolute atomic E-state index is 0.749. The van der Waals surface area contributed by atoms with Crippen molar-refractivity contribution >= 4 is 0 Å². The first-order chi connectivity index (χ1) is 8.22. The molecule has 0 radical (unpaired) electrons. The van der Waals surface area contributed by atoms with Crippen molar-refractivity contribution in [3.63, 3.8) is 0 Å². The van der Waals surface area contributed by atoms with Gasteiger partial charge in [0.2, 0.25) is 0 Å². The van der Waals surface area contributed by atoms with Crippen LogP contribution >= 0.6 is 0 Å². The van der Waals surface area contributed by atoms with E-state index in [0.717, 1.165) is 23.9 Å². The van der Waals surface area contributed by atoms with Crippen LogP contribution in [0.4, 0.5) is 0 Å². The molecular formula is C15H30N2. The van der Waals surface area contributed by atoms with E-state index < -0.39 is 0 Å². The number of hydrogen-bond donors (Lipinski definition) is 1. The van der Waals surface area contributed by atoms with Gasteiger partial charge in [-0.3, -0.25) is 4.90 Å². The minimum Gasteiger partial charge on any atom is -0.315 e. The molecule has 0 aromatic rings. The smallest absolute Gasteiger partial charge is 0.0249 e. The third kappa shape index (κ3) is 3.23. The van der Waals surface area contributed by atoms with Gasteiger partial charge >= 0.3 is 0 Å². The summed E-state index contributed by atoms with van der Waals surface area (Å²) in [6.45, 7) is 7.45. The molecular weight excluding hydrogens is 208 g/mol. The summed E-state index contributed by atoms with van der Waals surface area (Å²) >= 11 is 0. The van der Waals surface area contributed by atoms with Crippen molar-refractivity contribution < 1.29 is 0 Å². The van der Waals surface area contributed by atoms with Crippen molar-refractivity contribution in [1.82, 2.24) is 10.2 Å². The van der Waals surface area contributed by atoms with Crippen LogP contribution in [0.25, 0.3) is 0 Å². The van der Waals surface area contributed by atoms with Crippen molar-refractivity contribution in [2.75, 3.05) is 20.1 Å². The van der Waals surface area contributed by atoms with Gasteiger partial charge in [0.25, 0.3) is 0 Å². The minimum atomic E-state index is 0.749. The van der Waals surface area contributed by atoms with E-state index in [2.05, 4.69) is 31.1 Å². The van der Waals surface area contributed by atoms with Crippen LogP contribution in [0.15, 0.2) is 0 Å². The average molecular weight is 238 g/mol. The molecule has 2 fully saturated rings. The molecule has 1 saturated heterocycles. The van der Waals surface area contributed by atoms with Gasteiger partial charge in [0.1, 0.15) is 0 Å². The van der Waals surface area contributed by atoms with E-state index in [1.54, 1.807) is 0 Å². The lowest BCUT2D eigenvalue weighted by Gasteiger charge is -2.44. The third-order valence-corrected chi connectivity index (χ3v) is 5.09. The Morgan fingerprint density at radius 3 is 2.24 bits per heavy atom. The number of rotatable bonds is 3. The summed E-state index contributed by atoms with van der Waals surface area (Å²) < 4.78 is 0. The summed E-state index contributed by atoms with van der Waals surface area (Å²) in [4.78, 5) is 2.78. The predicted octanol–water partition coefficient (Wildman–Crippen LogP) is 2.89. The molecule has 0 spiro atoms. The van der Waals surface area contributed by atoms with Crippen LogP contribution in [-0.4, -0.2) is 37.1 Å². The SMILES string of the molecule is CNC1CCCCC1N1CCC(C(C)C)CC1. The molecule has 2 heteroatoms. The standard InChI is InChI=1S/C15H30N2/c1-12(2)13-8-10-17(11-9-13)15-7-5-4-6-14(15)16-3/h12-16H,4-11H2,1-3H3. The molecule has 100 valence electrons. The van der Waals surface area contributed by atoms with Crippen molar-refractivity contribution in [3.05, 3.63) is 0 Å². The first-order valence-electron chi connectivity index (χ1n) is 7.63. The van der Waals surface area contributed by atoms with Crippen LogP contribution in [0.5, 0.6) is 0 Å². The molecule has 2 rings (SSSR count). The van der Waals surface area contributed by atoms with Gasteiger partial charge in [-0.05, 0) is 57.7 Å². The van der Waals surface area contributed by atoms with E-state index >= 15 is 0 Å². The molecule has 0 bridgehead atoms. The van der Waals surface area contributed by atoms with Crippen LogP contribution in [0.2, 0.25) is 0 Å². The molecule has 2 unspecified atom stereocenters. The van der Waals surface area contributed by atoms with E-state index in [9.17, 15) is 0 Å². The zero-order valence-corrected chi connectivity index (χ0v) is 11.9. The van der Waals surface area contributed by atoms with Gasteiger partial charge in [0, 0.05) is 12.1 Å². The third-order valence-electron chi connectivity index (χ3n) is 5.09. The van der Waals surface area contributed by atoms with Crippen molar-refractivity contribution in [2.45, 2.75) is 64.5 Å². The Morgan fingerprint density at radius 2 is 1.65 bits per heavy atom. The lowest BCUT2D eigenvalue weighted by Crippen LogP contribution is -2.53. The second-order valence-electron chi connectivity index (χ2n) is 6.36. The zero-order valence-electron chi connectivity index (χ0n) is 11.9. The summed E-state index contributed by atoms with van der Waals surface area (Å²) in [5.74, 6) is 1.85. The summed E-state index contributed by atoms with van der Waals surface area (Å²) in [6, 6.07) is 1.57. The largest absolute Gasteiger partial charge is 0.315 e. The Bertz CT molecular complexity index is 219. The number of likely N-dealkylation sites (N-methyl/N-ethyl adjacent to an activating group) is 1. The highest BCUT2D eigenvalue weighted by molar-refractivity contribution is 4.89. The van der Waals surface area contributed by atoms with Crippen LogP contribution < -0.4 is 5.32 Å². The van der Waals surface area contributed by atoms with Crippen LogP contribution in [0, 0.1) is 11.8 Å². The summed E-state index contributed by atoms with van der Waals surface area (Å²) in [6.07, 6.45) is 8.50. The first kappa shape index (κ1) is 13.4. The number of likely N-dealkylation sites (tertiary alicyclic amines) is 1. The summed E-state index contributed by atoms with van der Waals surface area (Å²) in [5.41, 5.74) is 0. The molecule has 2 aliphatic rings. The summed E-state index contributed by atoms with van der Waals surface area (Å²) in [5, 5.41) is 3.54. The van der Waals surface area contributed by atoms with Crippen LogP contribution in [0.3, 0.4) is 0 Å². The Kier molecular flexibility index (Phi) is 4.87. The van der Waals surface area contributed by atoms with E-state index in [1.807, 2.05) is 0 Å².